The van der Waals surface area contributed by atoms with Crippen LogP contribution in [0.5, 0.6) is 11.5 Å². The van der Waals surface area contributed by atoms with Gasteiger partial charge >= 0.3 is 5.97 Å². The van der Waals surface area contributed by atoms with Gasteiger partial charge in [0.2, 0.25) is 11.8 Å². The van der Waals surface area contributed by atoms with Gasteiger partial charge in [-0.2, -0.15) is 0 Å². The fourth-order valence-corrected chi connectivity index (χ4v) is 6.04. The van der Waals surface area contributed by atoms with Crippen molar-refractivity contribution in [3.05, 3.63) is 58.1 Å². The zero-order valence-corrected chi connectivity index (χ0v) is 21.9. The second-order valence-electron chi connectivity index (χ2n) is 9.99. The maximum atomic E-state index is 13.8. The standard InChI is InChI=1S/C26H29BrN2O6/c1-25(2,3)29-22(30)18-19(23(29)31)26(24(32)33,13-14-9-7-6-8-10-14)28-20(18)15-11-16(27)21(35-5)17(12-15)34-4/h6-12,18-20,28H,13H2,1-5H3,(H,32,33). The van der Waals surface area contributed by atoms with E-state index in [4.69, 9.17) is 9.47 Å². The molecule has 9 heteroatoms. The van der Waals surface area contributed by atoms with Gasteiger partial charge in [-0.15, -0.1) is 0 Å². The van der Waals surface area contributed by atoms with Gasteiger partial charge in [-0.1, -0.05) is 30.3 Å². The zero-order chi connectivity index (χ0) is 25.7. The lowest BCUT2D eigenvalue weighted by atomic mass is 9.76. The number of fused-ring (bicyclic) bond motifs is 1. The van der Waals surface area contributed by atoms with Gasteiger partial charge < -0.3 is 14.6 Å². The monoisotopic (exact) mass is 544 g/mol. The Morgan fingerprint density at radius 1 is 1.11 bits per heavy atom. The number of rotatable bonds is 6. The van der Waals surface area contributed by atoms with Crippen LogP contribution in [0.4, 0.5) is 0 Å². The molecule has 0 bridgehead atoms. The highest BCUT2D eigenvalue weighted by Gasteiger charge is 2.69. The molecule has 0 spiro atoms. The molecular formula is C26H29BrN2O6. The van der Waals surface area contributed by atoms with Crippen molar-refractivity contribution in [3.8, 4) is 11.5 Å². The number of nitrogens with zero attached hydrogens (tertiary/aromatic N) is 1. The van der Waals surface area contributed by atoms with E-state index in [2.05, 4.69) is 21.2 Å². The Labute approximate surface area is 212 Å². The normalized spacial score (nSPS) is 26.1. The number of methoxy groups -OCH3 is 2. The van der Waals surface area contributed by atoms with Crippen molar-refractivity contribution in [2.75, 3.05) is 14.2 Å². The summed E-state index contributed by atoms with van der Waals surface area (Å²) in [6.45, 7) is 5.33. The molecule has 4 rings (SSSR count). The SMILES string of the molecule is COc1cc(C2NC(Cc3ccccc3)(C(=O)O)C3C(=O)N(C(C)(C)C)C(=O)C23)cc(Br)c1OC. The fraction of sp³-hybridized carbons (Fsp3) is 0.423. The molecule has 4 atom stereocenters. The molecule has 0 aromatic heterocycles. The highest BCUT2D eigenvalue weighted by molar-refractivity contribution is 9.10. The van der Waals surface area contributed by atoms with Crippen LogP contribution in [0.25, 0.3) is 0 Å². The minimum absolute atomic E-state index is 0.0479. The molecule has 2 fully saturated rings. The molecule has 2 saturated heterocycles. The Hall–Kier alpha value is -2.91. The van der Waals surface area contributed by atoms with Crippen molar-refractivity contribution >= 4 is 33.7 Å². The third-order valence-electron chi connectivity index (χ3n) is 6.85. The molecule has 2 amide bonds. The number of amides is 2. The summed E-state index contributed by atoms with van der Waals surface area (Å²) < 4.78 is 11.5. The van der Waals surface area contributed by atoms with Gasteiger partial charge in [0.1, 0.15) is 5.54 Å². The van der Waals surface area contributed by atoms with E-state index in [1.165, 1.54) is 19.1 Å². The van der Waals surface area contributed by atoms with Crippen LogP contribution >= 0.6 is 15.9 Å². The highest BCUT2D eigenvalue weighted by Crippen LogP contribution is 2.52. The van der Waals surface area contributed by atoms with E-state index < -0.39 is 40.8 Å². The van der Waals surface area contributed by atoms with Gasteiger partial charge in [0.25, 0.3) is 0 Å². The molecule has 0 radical (unpaired) electrons. The molecule has 2 aliphatic heterocycles. The Morgan fingerprint density at radius 2 is 1.77 bits per heavy atom. The van der Waals surface area contributed by atoms with E-state index in [0.29, 0.717) is 21.5 Å². The van der Waals surface area contributed by atoms with Gasteiger partial charge in [0.05, 0.1) is 30.5 Å². The first-order valence-electron chi connectivity index (χ1n) is 11.3. The molecule has 2 heterocycles. The first-order chi connectivity index (χ1) is 16.5. The molecule has 2 aliphatic rings. The van der Waals surface area contributed by atoms with Gasteiger partial charge in [-0.05, 0) is 60.0 Å². The highest BCUT2D eigenvalue weighted by atomic mass is 79.9. The van der Waals surface area contributed by atoms with Crippen molar-refractivity contribution in [1.82, 2.24) is 10.2 Å². The lowest BCUT2D eigenvalue weighted by Crippen LogP contribution is -2.58. The minimum Gasteiger partial charge on any atom is -0.493 e. The van der Waals surface area contributed by atoms with Crippen LogP contribution in [0.15, 0.2) is 46.9 Å². The first-order valence-corrected chi connectivity index (χ1v) is 12.1. The minimum atomic E-state index is -1.68. The van der Waals surface area contributed by atoms with E-state index in [0.717, 1.165) is 5.56 Å². The second kappa shape index (κ2) is 8.95. The number of carbonyl (C=O) groups is 3. The summed E-state index contributed by atoms with van der Waals surface area (Å²) in [5.74, 6) is -3.10. The number of hydrogen-bond acceptors (Lipinski definition) is 6. The number of imide groups is 1. The lowest BCUT2D eigenvalue weighted by molar-refractivity contribution is -0.153. The molecule has 4 unspecified atom stereocenters. The molecule has 8 nitrogen and oxygen atoms in total. The predicted molar refractivity (Wildman–Crippen MR) is 132 cm³/mol. The van der Waals surface area contributed by atoms with Crippen molar-refractivity contribution < 1.29 is 29.0 Å². The van der Waals surface area contributed by atoms with Crippen molar-refractivity contribution in [2.45, 2.75) is 44.3 Å². The van der Waals surface area contributed by atoms with E-state index in [1.807, 2.05) is 30.3 Å². The van der Waals surface area contributed by atoms with Gasteiger partial charge in [0, 0.05) is 18.0 Å². The average molecular weight is 545 g/mol. The van der Waals surface area contributed by atoms with Gasteiger partial charge in [-0.3, -0.25) is 24.6 Å². The summed E-state index contributed by atoms with van der Waals surface area (Å²) in [7, 11) is 3.02. The third kappa shape index (κ3) is 4.00. The number of hydrogen-bond donors (Lipinski definition) is 2. The van der Waals surface area contributed by atoms with Crippen LogP contribution in [0.2, 0.25) is 0 Å². The maximum absolute atomic E-state index is 13.8. The van der Waals surface area contributed by atoms with E-state index in [9.17, 15) is 19.5 Å². The quantitative estimate of drug-likeness (QED) is 0.535. The Kier molecular flexibility index (Phi) is 6.44. The Bertz CT molecular complexity index is 1180. The number of halogens is 1. The lowest BCUT2D eigenvalue weighted by Gasteiger charge is -2.35. The second-order valence-corrected chi connectivity index (χ2v) is 10.8. The largest absolute Gasteiger partial charge is 0.493 e. The average Bonchev–Trinajstić information content (AvgIpc) is 3.28. The number of ether oxygens (including phenoxy) is 2. The number of carbonyl (C=O) groups excluding carboxylic acids is 2. The number of benzene rings is 2. The maximum Gasteiger partial charge on any atom is 0.325 e. The topological polar surface area (TPSA) is 105 Å². The summed E-state index contributed by atoms with van der Waals surface area (Å²) in [6.07, 6.45) is 0.0479. The Morgan fingerprint density at radius 3 is 2.31 bits per heavy atom. The molecular weight excluding hydrogens is 516 g/mol. The van der Waals surface area contributed by atoms with E-state index in [1.54, 1.807) is 32.9 Å². The van der Waals surface area contributed by atoms with Crippen LogP contribution in [0, 0.1) is 11.8 Å². The summed E-state index contributed by atoms with van der Waals surface area (Å²) in [5.41, 5.74) is -1.09. The number of nitrogens with one attached hydrogen (secondary N) is 1. The molecule has 35 heavy (non-hydrogen) atoms. The van der Waals surface area contributed by atoms with Crippen LogP contribution in [-0.4, -0.2) is 53.1 Å². The zero-order valence-electron chi connectivity index (χ0n) is 20.3. The molecule has 2 N–H and O–H groups in total. The van der Waals surface area contributed by atoms with E-state index >= 15 is 0 Å². The van der Waals surface area contributed by atoms with Crippen LogP contribution in [0.1, 0.15) is 37.9 Å². The summed E-state index contributed by atoms with van der Waals surface area (Å²) in [5, 5.41) is 13.8. The molecule has 0 saturated carbocycles. The number of likely N-dealkylation sites (tertiary alicyclic amines) is 1. The van der Waals surface area contributed by atoms with Crippen LogP contribution < -0.4 is 14.8 Å². The third-order valence-corrected chi connectivity index (χ3v) is 7.44. The number of carboxylic acid groups (broad SMARTS) is 1. The fourth-order valence-electron chi connectivity index (χ4n) is 5.42. The van der Waals surface area contributed by atoms with Crippen molar-refractivity contribution in [3.63, 3.8) is 0 Å². The number of aliphatic carboxylic acids is 1. The first kappa shape index (κ1) is 25.2. The summed E-state index contributed by atoms with van der Waals surface area (Å²) in [4.78, 5) is 41.7. The molecule has 186 valence electrons. The number of carboxylic acids is 1. The van der Waals surface area contributed by atoms with Crippen LogP contribution in [-0.2, 0) is 20.8 Å². The smallest absolute Gasteiger partial charge is 0.325 e. The molecule has 2 aromatic rings. The Balaban J connectivity index is 1.91. The van der Waals surface area contributed by atoms with Crippen LogP contribution in [0.3, 0.4) is 0 Å². The van der Waals surface area contributed by atoms with Gasteiger partial charge in [0.15, 0.2) is 11.5 Å². The van der Waals surface area contributed by atoms with Crippen molar-refractivity contribution in [2.24, 2.45) is 11.8 Å². The molecule has 0 aliphatic carbocycles. The van der Waals surface area contributed by atoms with Crippen molar-refractivity contribution in [1.29, 1.82) is 0 Å². The van der Waals surface area contributed by atoms with Gasteiger partial charge in [-0.25, -0.2) is 0 Å². The summed E-state index contributed by atoms with van der Waals surface area (Å²) >= 11 is 3.49. The molecule has 2 aromatic carbocycles. The summed E-state index contributed by atoms with van der Waals surface area (Å²) in [6, 6.07) is 11.9. The van der Waals surface area contributed by atoms with E-state index in [-0.39, 0.29) is 12.3 Å². The predicted octanol–water partition coefficient (Wildman–Crippen LogP) is 3.58.